The average molecular weight is 213 g/mol. The van der Waals surface area contributed by atoms with Gasteiger partial charge in [-0.1, -0.05) is 0 Å². The second-order valence-electron chi connectivity index (χ2n) is 3.11. The lowest BCUT2D eigenvalue weighted by Gasteiger charge is -2.01. The summed E-state index contributed by atoms with van der Waals surface area (Å²) < 4.78 is 12.6. The number of rotatable bonds is 6. The van der Waals surface area contributed by atoms with Gasteiger partial charge in [-0.05, 0) is 56.5 Å². The first-order valence-electron chi connectivity index (χ1n) is 4.86. The molecule has 1 N–H and O–H groups in total. The van der Waals surface area contributed by atoms with Crippen molar-refractivity contribution in [3.63, 3.8) is 0 Å². The van der Waals surface area contributed by atoms with Gasteiger partial charge in [0.2, 0.25) is 0 Å². The quantitative estimate of drug-likeness (QED) is 0.576. The van der Waals surface area contributed by atoms with Crippen molar-refractivity contribution in [2.24, 2.45) is 0 Å². The van der Waals surface area contributed by atoms with Crippen LogP contribution in [-0.4, -0.2) is 19.3 Å². The molecule has 0 aliphatic carbocycles. The Morgan fingerprint density at radius 1 is 1.21 bits per heavy atom. The minimum Gasteiger partial charge on any atom is -0.320 e. The number of nitrogens with one attached hydrogen (secondary N) is 1. The maximum atomic E-state index is 12.6. The lowest BCUT2D eigenvalue weighted by molar-refractivity contribution is 0.626. The molecule has 0 radical (unpaired) electrons. The summed E-state index contributed by atoms with van der Waals surface area (Å²) in [6.07, 6.45) is 2.40. The van der Waals surface area contributed by atoms with E-state index in [0.717, 1.165) is 17.2 Å². The second kappa shape index (κ2) is 6.85. The van der Waals surface area contributed by atoms with Gasteiger partial charge in [-0.2, -0.15) is 0 Å². The van der Waals surface area contributed by atoms with E-state index in [1.165, 1.54) is 25.0 Å². The summed E-state index contributed by atoms with van der Waals surface area (Å²) in [5.74, 6) is 0.942. The first kappa shape index (κ1) is 11.5. The highest BCUT2D eigenvalue weighted by Crippen LogP contribution is 2.19. The zero-order chi connectivity index (χ0) is 10.2. The standard InChI is InChI=1S/C11H16FNS/c1-13-8-2-3-9-14-11-6-4-10(12)5-7-11/h4-7,13H,2-3,8-9H2,1H3. The van der Waals surface area contributed by atoms with Crippen molar-refractivity contribution in [1.29, 1.82) is 0 Å². The van der Waals surface area contributed by atoms with Crippen molar-refractivity contribution >= 4 is 11.8 Å². The molecule has 0 aliphatic heterocycles. The van der Waals surface area contributed by atoms with Crippen LogP contribution in [0.15, 0.2) is 29.2 Å². The van der Waals surface area contributed by atoms with E-state index in [0.29, 0.717) is 0 Å². The molecule has 0 saturated carbocycles. The normalized spacial score (nSPS) is 10.4. The first-order chi connectivity index (χ1) is 6.83. The highest BCUT2D eigenvalue weighted by molar-refractivity contribution is 7.99. The molecule has 0 amide bonds. The van der Waals surface area contributed by atoms with E-state index in [1.807, 2.05) is 19.2 Å². The third-order valence-corrected chi connectivity index (χ3v) is 3.00. The molecule has 0 aliphatic rings. The molecule has 1 aromatic rings. The molecule has 0 unspecified atom stereocenters. The monoisotopic (exact) mass is 213 g/mol. The van der Waals surface area contributed by atoms with E-state index in [1.54, 1.807) is 11.8 Å². The van der Waals surface area contributed by atoms with E-state index < -0.39 is 0 Å². The van der Waals surface area contributed by atoms with Gasteiger partial charge >= 0.3 is 0 Å². The van der Waals surface area contributed by atoms with Crippen molar-refractivity contribution in [2.45, 2.75) is 17.7 Å². The van der Waals surface area contributed by atoms with Gasteiger partial charge in [0.25, 0.3) is 0 Å². The molecule has 3 heteroatoms. The van der Waals surface area contributed by atoms with Crippen LogP contribution in [0.5, 0.6) is 0 Å². The number of thioether (sulfide) groups is 1. The Labute approximate surface area is 89.1 Å². The molecule has 0 spiro atoms. The molecule has 0 bridgehead atoms. The predicted molar refractivity (Wildman–Crippen MR) is 60.3 cm³/mol. The lowest BCUT2D eigenvalue weighted by Crippen LogP contribution is -2.07. The summed E-state index contributed by atoms with van der Waals surface area (Å²) in [6.45, 7) is 1.07. The van der Waals surface area contributed by atoms with Crippen LogP contribution in [0.1, 0.15) is 12.8 Å². The summed E-state index contributed by atoms with van der Waals surface area (Å²) in [7, 11) is 1.97. The van der Waals surface area contributed by atoms with Crippen LogP contribution in [0.2, 0.25) is 0 Å². The summed E-state index contributed by atoms with van der Waals surface area (Å²) in [4.78, 5) is 1.15. The van der Waals surface area contributed by atoms with E-state index in [4.69, 9.17) is 0 Å². The molecule has 0 fully saturated rings. The molecule has 1 nitrogen and oxygen atoms in total. The van der Waals surface area contributed by atoms with Crippen molar-refractivity contribution in [2.75, 3.05) is 19.3 Å². The summed E-state index contributed by atoms with van der Waals surface area (Å²) in [5, 5.41) is 3.11. The van der Waals surface area contributed by atoms with E-state index >= 15 is 0 Å². The Hall–Kier alpha value is -0.540. The van der Waals surface area contributed by atoms with Gasteiger partial charge in [0.1, 0.15) is 5.82 Å². The van der Waals surface area contributed by atoms with Crippen LogP contribution in [0.4, 0.5) is 4.39 Å². The van der Waals surface area contributed by atoms with Crippen LogP contribution in [0, 0.1) is 5.82 Å². The van der Waals surface area contributed by atoms with Gasteiger partial charge < -0.3 is 5.32 Å². The van der Waals surface area contributed by atoms with Crippen LogP contribution in [0.25, 0.3) is 0 Å². The third kappa shape index (κ3) is 4.63. The van der Waals surface area contributed by atoms with E-state index in [2.05, 4.69) is 5.32 Å². The first-order valence-corrected chi connectivity index (χ1v) is 5.84. The lowest BCUT2D eigenvalue weighted by atomic mass is 10.3. The highest BCUT2D eigenvalue weighted by atomic mass is 32.2. The molecule has 0 saturated heterocycles. The SMILES string of the molecule is CNCCCCSc1ccc(F)cc1. The fraction of sp³-hybridized carbons (Fsp3) is 0.455. The molecule has 1 aromatic carbocycles. The van der Waals surface area contributed by atoms with Gasteiger partial charge in [0.15, 0.2) is 0 Å². The predicted octanol–water partition coefficient (Wildman–Crippen LogP) is 2.92. The fourth-order valence-electron chi connectivity index (χ4n) is 1.12. The Morgan fingerprint density at radius 3 is 2.57 bits per heavy atom. The van der Waals surface area contributed by atoms with Crippen molar-refractivity contribution in [3.8, 4) is 0 Å². The minimum absolute atomic E-state index is 0.162. The molecule has 0 atom stereocenters. The van der Waals surface area contributed by atoms with Crippen LogP contribution < -0.4 is 5.32 Å². The van der Waals surface area contributed by atoms with Crippen molar-refractivity contribution in [1.82, 2.24) is 5.32 Å². The Balaban J connectivity index is 2.15. The summed E-state index contributed by atoms with van der Waals surface area (Å²) >= 11 is 1.79. The highest BCUT2D eigenvalue weighted by Gasteiger charge is 1.94. The van der Waals surface area contributed by atoms with Gasteiger partial charge in [-0.15, -0.1) is 11.8 Å². The largest absolute Gasteiger partial charge is 0.320 e. The Bertz CT molecular complexity index is 248. The van der Waals surface area contributed by atoms with Crippen LogP contribution in [-0.2, 0) is 0 Å². The third-order valence-electron chi connectivity index (χ3n) is 1.90. The molecule has 78 valence electrons. The maximum absolute atomic E-state index is 12.6. The number of hydrogen-bond donors (Lipinski definition) is 1. The number of benzene rings is 1. The van der Waals surface area contributed by atoms with E-state index in [-0.39, 0.29) is 5.82 Å². The number of halogens is 1. The minimum atomic E-state index is -0.162. The molecule has 1 rings (SSSR count). The number of hydrogen-bond acceptors (Lipinski definition) is 2. The topological polar surface area (TPSA) is 12.0 Å². The molecular formula is C11H16FNS. The van der Waals surface area contributed by atoms with Crippen molar-refractivity contribution in [3.05, 3.63) is 30.1 Å². The van der Waals surface area contributed by atoms with Gasteiger partial charge in [-0.25, -0.2) is 4.39 Å². The average Bonchev–Trinajstić information content (AvgIpc) is 2.21. The molecular weight excluding hydrogens is 197 g/mol. The Kier molecular flexibility index (Phi) is 5.64. The fourth-order valence-corrected chi connectivity index (χ4v) is 2.04. The molecule has 14 heavy (non-hydrogen) atoms. The molecule has 0 aromatic heterocycles. The van der Waals surface area contributed by atoms with Gasteiger partial charge in [0.05, 0.1) is 0 Å². The molecule has 0 heterocycles. The van der Waals surface area contributed by atoms with Crippen LogP contribution >= 0.6 is 11.8 Å². The van der Waals surface area contributed by atoms with Crippen LogP contribution in [0.3, 0.4) is 0 Å². The summed E-state index contributed by atoms with van der Waals surface area (Å²) in [6, 6.07) is 6.68. The van der Waals surface area contributed by atoms with Crippen molar-refractivity contribution < 1.29 is 4.39 Å². The second-order valence-corrected chi connectivity index (χ2v) is 4.28. The van der Waals surface area contributed by atoms with Gasteiger partial charge in [0, 0.05) is 4.90 Å². The van der Waals surface area contributed by atoms with Gasteiger partial charge in [-0.3, -0.25) is 0 Å². The zero-order valence-electron chi connectivity index (χ0n) is 8.42. The number of unbranched alkanes of at least 4 members (excludes halogenated alkanes) is 1. The smallest absolute Gasteiger partial charge is 0.123 e. The zero-order valence-corrected chi connectivity index (χ0v) is 9.24. The summed E-state index contributed by atoms with van der Waals surface area (Å²) in [5.41, 5.74) is 0. The van der Waals surface area contributed by atoms with E-state index in [9.17, 15) is 4.39 Å². The maximum Gasteiger partial charge on any atom is 0.123 e. The Morgan fingerprint density at radius 2 is 1.93 bits per heavy atom.